The lowest BCUT2D eigenvalue weighted by molar-refractivity contribution is 0.426. The van der Waals surface area contributed by atoms with Crippen LogP contribution in [0.15, 0.2) is 140 Å². The Morgan fingerprint density at radius 2 is 1.10 bits per heavy atom. The van der Waals surface area contributed by atoms with Crippen LogP contribution < -0.4 is 5.46 Å². The second kappa shape index (κ2) is 9.97. The van der Waals surface area contributed by atoms with E-state index >= 15 is 0 Å². The van der Waals surface area contributed by atoms with Crippen molar-refractivity contribution in [3.63, 3.8) is 0 Å². The molecule has 2 N–H and O–H groups in total. The minimum atomic E-state index is -1.54. The fourth-order valence-electron chi connectivity index (χ4n) is 5.46. The van der Waals surface area contributed by atoms with E-state index in [1.165, 1.54) is 0 Å². The van der Waals surface area contributed by atoms with E-state index in [9.17, 15) is 10.0 Å². The number of hydrogen-bond donors (Lipinski definition) is 2. The van der Waals surface area contributed by atoms with Crippen LogP contribution in [0.3, 0.4) is 0 Å². The van der Waals surface area contributed by atoms with Crippen molar-refractivity contribution in [2.75, 3.05) is 0 Å². The highest BCUT2D eigenvalue weighted by Gasteiger charge is 2.17. The summed E-state index contributed by atoms with van der Waals surface area (Å²) in [6, 6.07) is 47.1. The molecular weight excluding hydrogens is 491 g/mol. The van der Waals surface area contributed by atoms with Crippen LogP contribution in [0.2, 0.25) is 0 Å². The number of benzene rings is 5. The summed E-state index contributed by atoms with van der Waals surface area (Å²) < 4.78 is 2.18. The minimum Gasteiger partial charge on any atom is -0.423 e. The molecule has 0 spiro atoms. The maximum Gasteiger partial charge on any atom is 0.488 e. The molecule has 5 heteroatoms. The van der Waals surface area contributed by atoms with Crippen LogP contribution in [0.4, 0.5) is 0 Å². The van der Waals surface area contributed by atoms with Gasteiger partial charge in [0.15, 0.2) is 0 Å². The number of rotatable bonds is 5. The molecule has 0 saturated carbocycles. The summed E-state index contributed by atoms with van der Waals surface area (Å²) >= 11 is 0. The third kappa shape index (κ3) is 4.28. The number of fused-ring (bicyclic) bond motifs is 3. The first kappa shape index (κ1) is 24.1. The molecule has 0 atom stereocenters. The molecule has 0 saturated heterocycles. The van der Waals surface area contributed by atoms with Gasteiger partial charge in [0.1, 0.15) is 0 Å². The van der Waals surface area contributed by atoms with Gasteiger partial charge in [-0.15, -0.1) is 0 Å². The van der Waals surface area contributed by atoms with E-state index in [1.807, 2.05) is 48.5 Å². The van der Waals surface area contributed by atoms with Gasteiger partial charge in [-0.3, -0.25) is 0 Å². The zero-order valence-corrected chi connectivity index (χ0v) is 21.6. The molecule has 0 unspecified atom stereocenters. The molecule has 0 bridgehead atoms. The molecule has 2 aromatic heterocycles. The lowest BCUT2D eigenvalue weighted by Crippen LogP contribution is -2.29. The molecule has 0 radical (unpaired) electrons. The molecule has 190 valence electrons. The first-order valence-electron chi connectivity index (χ1n) is 13.3. The SMILES string of the molecule is OB(O)c1ccc2c3ccccc3n(-c3cccc(-c4cc(-c5ccccc5)cc(-c5ccccc5)n4)c3)c2c1. The maximum absolute atomic E-state index is 9.89. The van der Waals surface area contributed by atoms with Gasteiger partial charge in [-0.05, 0) is 53.0 Å². The average molecular weight is 516 g/mol. The Hall–Kier alpha value is -4.97. The predicted octanol–water partition coefficient (Wildman–Crippen LogP) is 6.86. The van der Waals surface area contributed by atoms with Gasteiger partial charge in [-0.2, -0.15) is 0 Å². The zero-order valence-electron chi connectivity index (χ0n) is 21.6. The molecule has 40 heavy (non-hydrogen) atoms. The predicted molar refractivity (Wildman–Crippen MR) is 165 cm³/mol. The van der Waals surface area contributed by atoms with E-state index < -0.39 is 7.12 Å². The normalized spacial score (nSPS) is 11.2. The lowest BCUT2D eigenvalue weighted by atomic mass is 9.80. The smallest absolute Gasteiger partial charge is 0.423 e. The molecule has 0 aliphatic rings. The summed E-state index contributed by atoms with van der Waals surface area (Å²) in [5.41, 5.74) is 9.50. The first-order valence-corrected chi connectivity index (χ1v) is 13.3. The number of hydrogen-bond acceptors (Lipinski definition) is 3. The lowest BCUT2D eigenvalue weighted by Gasteiger charge is -2.13. The molecule has 0 amide bonds. The van der Waals surface area contributed by atoms with Crippen LogP contribution in [-0.2, 0) is 0 Å². The number of aromatic nitrogens is 2. The van der Waals surface area contributed by atoms with Crippen LogP contribution in [0.1, 0.15) is 0 Å². The van der Waals surface area contributed by atoms with E-state index in [-0.39, 0.29) is 0 Å². The van der Waals surface area contributed by atoms with Crippen molar-refractivity contribution in [1.82, 2.24) is 9.55 Å². The highest BCUT2D eigenvalue weighted by molar-refractivity contribution is 6.59. The standard InChI is InChI=1S/C35H25BN2O2/c39-36(40)28-18-19-31-30-16-7-8-17-34(30)38(35(31)23-28)29-15-9-14-26(20-29)33-22-27(24-10-3-1-4-11-24)21-32(37-33)25-12-5-2-6-13-25/h1-23,39-40H. The fraction of sp³-hybridized carbons (Fsp3) is 0. The third-order valence-electron chi connectivity index (χ3n) is 7.40. The van der Waals surface area contributed by atoms with Crippen LogP contribution in [0.5, 0.6) is 0 Å². The van der Waals surface area contributed by atoms with Crippen LogP contribution in [0.25, 0.3) is 61.1 Å². The summed E-state index contributed by atoms with van der Waals surface area (Å²) in [7, 11) is -1.54. The van der Waals surface area contributed by atoms with E-state index in [0.717, 1.165) is 61.1 Å². The molecule has 0 aliphatic carbocycles. The highest BCUT2D eigenvalue weighted by atomic mass is 16.4. The molecule has 7 aromatic rings. The topological polar surface area (TPSA) is 58.3 Å². The highest BCUT2D eigenvalue weighted by Crippen LogP contribution is 2.34. The van der Waals surface area contributed by atoms with E-state index in [4.69, 9.17) is 4.98 Å². The van der Waals surface area contributed by atoms with Gasteiger partial charge in [0, 0.05) is 27.6 Å². The van der Waals surface area contributed by atoms with E-state index in [1.54, 1.807) is 6.07 Å². The van der Waals surface area contributed by atoms with Crippen molar-refractivity contribution in [3.05, 3.63) is 140 Å². The minimum absolute atomic E-state index is 0.456. The number of nitrogens with zero attached hydrogens (tertiary/aromatic N) is 2. The van der Waals surface area contributed by atoms with Crippen molar-refractivity contribution in [2.45, 2.75) is 0 Å². The monoisotopic (exact) mass is 516 g/mol. The van der Waals surface area contributed by atoms with Crippen molar-refractivity contribution < 1.29 is 10.0 Å². The van der Waals surface area contributed by atoms with Gasteiger partial charge >= 0.3 is 7.12 Å². The molecule has 5 aromatic carbocycles. The molecular formula is C35H25BN2O2. The Kier molecular flexibility index (Phi) is 6.01. The summed E-state index contributed by atoms with van der Waals surface area (Å²) in [5, 5.41) is 21.9. The van der Waals surface area contributed by atoms with Crippen molar-refractivity contribution in [2.24, 2.45) is 0 Å². The van der Waals surface area contributed by atoms with Crippen molar-refractivity contribution >= 4 is 34.4 Å². The Labute approximate surface area is 232 Å². The van der Waals surface area contributed by atoms with E-state index in [2.05, 4.69) is 89.5 Å². The second-order valence-electron chi connectivity index (χ2n) is 9.91. The second-order valence-corrected chi connectivity index (χ2v) is 9.91. The number of para-hydroxylation sites is 1. The molecule has 7 rings (SSSR count). The van der Waals surface area contributed by atoms with E-state index in [0.29, 0.717) is 5.46 Å². The maximum atomic E-state index is 9.89. The van der Waals surface area contributed by atoms with Crippen LogP contribution >= 0.6 is 0 Å². The van der Waals surface area contributed by atoms with Gasteiger partial charge in [-0.1, -0.05) is 103 Å². The Morgan fingerprint density at radius 3 is 1.85 bits per heavy atom. The molecule has 4 nitrogen and oxygen atoms in total. The third-order valence-corrected chi connectivity index (χ3v) is 7.40. The summed E-state index contributed by atoms with van der Waals surface area (Å²) in [6.45, 7) is 0. The van der Waals surface area contributed by atoms with Gasteiger partial charge in [-0.25, -0.2) is 4.98 Å². The number of pyridine rings is 1. The first-order chi connectivity index (χ1) is 19.7. The van der Waals surface area contributed by atoms with Crippen LogP contribution in [0, 0.1) is 0 Å². The summed E-state index contributed by atoms with van der Waals surface area (Å²) in [5.74, 6) is 0. The summed E-state index contributed by atoms with van der Waals surface area (Å²) in [4.78, 5) is 5.11. The Balaban J connectivity index is 1.44. The molecule has 0 fully saturated rings. The summed E-state index contributed by atoms with van der Waals surface area (Å²) in [6.07, 6.45) is 0. The zero-order chi connectivity index (χ0) is 27.1. The van der Waals surface area contributed by atoms with Gasteiger partial charge in [0.25, 0.3) is 0 Å². The van der Waals surface area contributed by atoms with Gasteiger partial charge < -0.3 is 14.6 Å². The van der Waals surface area contributed by atoms with Gasteiger partial charge in [0.2, 0.25) is 0 Å². The van der Waals surface area contributed by atoms with Crippen molar-refractivity contribution in [3.8, 4) is 39.3 Å². The Morgan fingerprint density at radius 1 is 0.475 bits per heavy atom. The molecule has 0 aliphatic heterocycles. The average Bonchev–Trinajstić information content (AvgIpc) is 3.35. The Bertz CT molecular complexity index is 1920. The van der Waals surface area contributed by atoms with Gasteiger partial charge in [0.05, 0.1) is 22.4 Å². The van der Waals surface area contributed by atoms with Crippen LogP contribution in [-0.4, -0.2) is 26.7 Å². The fourth-order valence-corrected chi connectivity index (χ4v) is 5.46. The quantitative estimate of drug-likeness (QED) is 0.246. The molecule has 2 heterocycles. The van der Waals surface area contributed by atoms with Crippen molar-refractivity contribution in [1.29, 1.82) is 0 Å². The largest absolute Gasteiger partial charge is 0.488 e.